The van der Waals surface area contributed by atoms with Gasteiger partial charge in [0.2, 0.25) is 0 Å². The molecule has 0 spiro atoms. The summed E-state index contributed by atoms with van der Waals surface area (Å²) in [5, 5.41) is 5.49. The van der Waals surface area contributed by atoms with Gasteiger partial charge in [0, 0.05) is 25.0 Å². The Bertz CT molecular complexity index is 371. The number of hydrogen-bond donors (Lipinski definition) is 1. The van der Waals surface area contributed by atoms with Crippen LogP contribution < -0.4 is 5.32 Å². The molecule has 0 aromatic carbocycles. The molecule has 0 amide bonds. The maximum atomic E-state index is 4.71. The van der Waals surface area contributed by atoms with Crippen LogP contribution in [0.3, 0.4) is 0 Å². The third kappa shape index (κ3) is 4.69. The van der Waals surface area contributed by atoms with Crippen molar-refractivity contribution >= 4 is 17.3 Å². The molecule has 0 saturated heterocycles. The zero-order chi connectivity index (χ0) is 13.4. The van der Waals surface area contributed by atoms with E-state index in [2.05, 4.69) is 49.5 Å². The summed E-state index contributed by atoms with van der Waals surface area (Å²) in [4.78, 5) is 8.29. The molecule has 0 atom stereocenters. The molecule has 18 heavy (non-hydrogen) atoms. The number of rotatable bonds is 6. The van der Waals surface area contributed by atoms with E-state index < -0.39 is 0 Å². The molecule has 1 aromatic heterocycles. The summed E-state index contributed by atoms with van der Waals surface area (Å²) >= 11 is 1.79. The lowest BCUT2D eigenvalue weighted by Gasteiger charge is -2.21. The Labute approximate surface area is 115 Å². The Morgan fingerprint density at radius 1 is 1.44 bits per heavy atom. The summed E-state index contributed by atoms with van der Waals surface area (Å²) in [5.41, 5.74) is 1.34. The lowest BCUT2D eigenvalue weighted by atomic mass is 10.3. The third-order valence-electron chi connectivity index (χ3n) is 2.88. The fraction of sp³-hybridized carbons (Fsp3) is 0.643. The second-order valence-corrected chi connectivity index (χ2v) is 5.47. The van der Waals surface area contributed by atoms with Crippen molar-refractivity contribution in [2.45, 2.75) is 40.2 Å². The molecule has 0 saturated carbocycles. The third-order valence-corrected chi connectivity index (χ3v) is 3.89. The Morgan fingerprint density at radius 2 is 2.22 bits per heavy atom. The summed E-state index contributed by atoms with van der Waals surface area (Å²) in [5.74, 6) is 1.01. The first kappa shape index (κ1) is 15.0. The smallest absolute Gasteiger partial charge is 0.194 e. The maximum Gasteiger partial charge on any atom is 0.194 e. The van der Waals surface area contributed by atoms with Gasteiger partial charge in [0.25, 0.3) is 0 Å². The Hall–Kier alpha value is -1.03. The van der Waals surface area contributed by atoms with Gasteiger partial charge in [-0.15, -0.1) is 11.3 Å². The second kappa shape index (κ2) is 8.14. The van der Waals surface area contributed by atoms with Crippen LogP contribution >= 0.6 is 11.3 Å². The number of nitrogens with one attached hydrogen (secondary N) is 1. The molecule has 0 radical (unpaired) electrons. The van der Waals surface area contributed by atoms with Gasteiger partial charge in [-0.05, 0) is 37.3 Å². The topological polar surface area (TPSA) is 27.6 Å². The Morgan fingerprint density at radius 3 is 2.78 bits per heavy atom. The molecule has 0 aliphatic rings. The summed E-state index contributed by atoms with van der Waals surface area (Å²) in [6.07, 6.45) is 2.42. The predicted molar refractivity (Wildman–Crippen MR) is 81.4 cm³/mol. The van der Waals surface area contributed by atoms with Crippen molar-refractivity contribution in [1.29, 1.82) is 0 Å². The minimum absolute atomic E-state index is 0.780. The highest BCUT2D eigenvalue weighted by Gasteiger charge is 2.05. The molecule has 0 fully saturated rings. The van der Waals surface area contributed by atoms with Crippen LogP contribution in [0, 0.1) is 6.92 Å². The van der Waals surface area contributed by atoms with E-state index >= 15 is 0 Å². The normalized spacial score (nSPS) is 11.7. The van der Waals surface area contributed by atoms with Gasteiger partial charge in [-0.1, -0.05) is 13.3 Å². The summed E-state index contributed by atoms with van der Waals surface area (Å²) in [6.45, 7) is 9.23. The lowest BCUT2D eigenvalue weighted by molar-refractivity contribution is 0.465. The van der Waals surface area contributed by atoms with Crippen molar-refractivity contribution in [2.75, 3.05) is 20.1 Å². The van der Waals surface area contributed by atoms with E-state index in [1.165, 1.54) is 23.3 Å². The van der Waals surface area contributed by atoms with Crippen LogP contribution in [0.15, 0.2) is 16.4 Å². The van der Waals surface area contributed by atoms with Crippen LogP contribution in [0.25, 0.3) is 0 Å². The number of thiophene rings is 1. The van der Waals surface area contributed by atoms with Crippen molar-refractivity contribution in [3.8, 4) is 0 Å². The van der Waals surface area contributed by atoms with Gasteiger partial charge in [-0.2, -0.15) is 0 Å². The minimum atomic E-state index is 0.780. The first-order chi connectivity index (χ1) is 8.69. The largest absolute Gasteiger partial charge is 0.357 e. The SMILES string of the molecule is CCCCN(C)C(=NCc1sccc1C)NCC. The van der Waals surface area contributed by atoms with E-state index in [0.717, 1.165) is 25.6 Å². The fourth-order valence-corrected chi connectivity index (χ4v) is 2.51. The maximum absolute atomic E-state index is 4.71. The van der Waals surface area contributed by atoms with Crippen LogP contribution in [-0.4, -0.2) is 31.0 Å². The van der Waals surface area contributed by atoms with Crippen molar-refractivity contribution in [3.63, 3.8) is 0 Å². The Kier molecular flexibility index (Phi) is 6.80. The number of aliphatic imine (C=N–C) groups is 1. The average Bonchev–Trinajstić information content (AvgIpc) is 2.77. The van der Waals surface area contributed by atoms with Crippen LogP contribution in [0.4, 0.5) is 0 Å². The summed E-state index contributed by atoms with van der Waals surface area (Å²) in [6, 6.07) is 2.16. The second-order valence-electron chi connectivity index (χ2n) is 4.47. The lowest BCUT2D eigenvalue weighted by Crippen LogP contribution is -2.39. The van der Waals surface area contributed by atoms with Gasteiger partial charge < -0.3 is 10.2 Å². The average molecular weight is 267 g/mol. The highest BCUT2D eigenvalue weighted by atomic mass is 32.1. The van der Waals surface area contributed by atoms with E-state index in [-0.39, 0.29) is 0 Å². The van der Waals surface area contributed by atoms with Gasteiger partial charge in [0.1, 0.15) is 0 Å². The van der Waals surface area contributed by atoms with E-state index in [9.17, 15) is 0 Å². The summed E-state index contributed by atoms with van der Waals surface area (Å²) < 4.78 is 0. The molecular weight excluding hydrogens is 242 g/mol. The molecule has 3 nitrogen and oxygen atoms in total. The van der Waals surface area contributed by atoms with Gasteiger partial charge in [0.05, 0.1) is 6.54 Å². The zero-order valence-electron chi connectivity index (χ0n) is 12.0. The number of aryl methyl sites for hydroxylation is 1. The van der Waals surface area contributed by atoms with Gasteiger partial charge in [0.15, 0.2) is 5.96 Å². The van der Waals surface area contributed by atoms with Crippen LogP contribution in [0.2, 0.25) is 0 Å². The molecular formula is C14H25N3S. The van der Waals surface area contributed by atoms with E-state index in [0.29, 0.717) is 0 Å². The predicted octanol–water partition coefficient (Wildman–Crippen LogP) is 3.25. The molecule has 4 heteroatoms. The fourth-order valence-electron chi connectivity index (χ4n) is 1.68. The Balaban J connectivity index is 2.62. The van der Waals surface area contributed by atoms with Crippen LogP contribution in [0.5, 0.6) is 0 Å². The summed E-state index contributed by atoms with van der Waals surface area (Å²) in [7, 11) is 2.11. The van der Waals surface area contributed by atoms with E-state index in [1.54, 1.807) is 11.3 Å². The number of hydrogen-bond acceptors (Lipinski definition) is 2. The standard InChI is InChI=1S/C14H25N3S/c1-5-7-9-17(4)14(15-6-2)16-11-13-12(3)8-10-18-13/h8,10H,5-7,9,11H2,1-4H3,(H,15,16). The van der Waals surface area contributed by atoms with E-state index in [4.69, 9.17) is 4.99 Å². The number of guanidine groups is 1. The highest BCUT2D eigenvalue weighted by molar-refractivity contribution is 7.10. The van der Waals surface area contributed by atoms with Gasteiger partial charge >= 0.3 is 0 Å². The van der Waals surface area contributed by atoms with Crippen LogP contribution in [-0.2, 0) is 6.54 Å². The van der Waals surface area contributed by atoms with Gasteiger partial charge in [-0.3, -0.25) is 0 Å². The van der Waals surface area contributed by atoms with Crippen LogP contribution in [0.1, 0.15) is 37.1 Å². The van der Waals surface area contributed by atoms with Crippen molar-refractivity contribution < 1.29 is 0 Å². The molecule has 0 bridgehead atoms. The monoisotopic (exact) mass is 267 g/mol. The van der Waals surface area contributed by atoms with Crippen molar-refractivity contribution in [1.82, 2.24) is 10.2 Å². The number of unbranched alkanes of at least 4 members (excludes halogenated alkanes) is 1. The molecule has 1 aromatic rings. The van der Waals surface area contributed by atoms with Crippen molar-refractivity contribution in [3.05, 3.63) is 21.9 Å². The minimum Gasteiger partial charge on any atom is -0.357 e. The molecule has 0 unspecified atom stereocenters. The zero-order valence-corrected chi connectivity index (χ0v) is 12.8. The first-order valence-corrected chi connectivity index (χ1v) is 7.59. The quantitative estimate of drug-likeness (QED) is 0.633. The molecule has 102 valence electrons. The molecule has 1 rings (SSSR count). The van der Waals surface area contributed by atoms with Gasteiger partial charge in [-0.25, -0.2) is 4.99 Å². The first-order valence-electron chi connectivity index (χ1n) is 6.71. The molecule has 0 aliphatic carbocycles. The number of nitrogens with zero attached hydrogens (tertiary/aromatic N) is 2. The molecule has 1 N–H and O–H groups in total. The van der Waals surface area contributed by atoms with E-state index in [1.807, 2.05) is 0 Å². The molecule has 0 aliphatic heterocycles. The molecule has 1 heterocycles. The highest BCUT2D eigenvalue weighted by Crippen LogP contribution is 2.16. The van der Waals surface area contributed by atoms with Crippen molar-refractivity contribution in [2.24, 2.45) is 4.99 Å².